The molecule has 4 rings (SSSR count). The van der Waals surface area contributed by atoms with Crippen LogP contribution in [0, 0.1) is 0 Å². The number of aromatic nitrogens is 1. The third kappa shape index (κ3) is 6.09. The lowest BCUT2D eigenvalue weighted by atomic mass is 10.2. The van der Waals surface area contributed by atoms with E-state index in [2.05, 4.69) is 71.3 Å². The molecule has 1 heterocycles. The minimum atomic E-state index is -0.554. The minimum absolute atomic E-state index is 0.444. The van der Waals surface area contributed by atoms with Crippen LogP contribution in [0.25, 0.3) is 21.8 Å². The van der Waals surface area contributed by atoms with E-state index < -0.39 is 6.10 Å². The number of unbranched alkanes of at least 4 members (excludes halogenated alkanes) is 1. The first-order valence-electron chi connectivity index (χ1n) is 11.2. The Morgan fingerprint density at radius 1 is 0.939 bits per heavy atom. The maximum Gasteiger partial charge on any atom is 0.121 e. The Kier molecular flexibility index (Phi) is 8.30. The molecule has 174 valence electrons. The second kappa shape index (κ2) is 11.4. The molecule has 5 nitrogen and oxygen atoms in total. The number of anilines is 1. The maximum absolute atomic E-state index is 10.9. The predicted octanol–water partition coefficient (Wildman–Crippen LogP) is 6.17. The number of nitrogens with zero attached hydrogens (tertiary/aromatic N) is 1. The number of rotatable bonds is 11. The van der Waals surface area contributed by atoms with Crippen LogP contribution in [0.2, 0.25) is 0 Å². The van der Waals surface area contributed by atoms with E-state index in [-0.39, 0.29) is 0 Å². The molecule has 0 amide bonds. The fourth-order valence-electron chi connectivity index (χ4n) is 4.05. The molecule has 1 atom stereocenters. The van der Waals surface area contributed by atoms with Gasteiger partial charge in [0, 0.05) is 49.0 Å². The Morgan fingerprint density at radius 2 is 1.64 bits per heavy atom. The van der Waals surface area contributed by atoms with Crippen LogP contribution in [0.5, 0.6) is 5.75 Å². The van der Waals surface area contributed by atoms with Gasteiger partial charge in [-0.2, -0.15) is 0 Å². The normalized spacial score (nSPS) is 12.4. The average molecular weight is 575 g/mol. The molecular weight excluding hydrogens is 546 g/mol. The predicted molar refractivity (Wildman–Crippen MR) is 144 cm³/mol. The van der Waals surface area contributed by atoms with Crippen molar-refractivity contribution in [3.63, 3.8) is 0 Å². The lowest BCUT2D eigenvalue weighted by Gasteiger charge is -2.16. The first kappa shape index (κ1) is 24.1. The molecule has 0 saturated carbocycles. The molecule has 1 unspecified atom stereocenters. The van der Waals surface area contributed by atoms with Gasteiger partial charge in [0.1, 0.15) is 5.75 Å². The van der Waals surface area contributed by atoms with Gasteiger partial charge in [-0.3, -0.25) is 0 Å². The zero-order valence-corrected chi connectivity index (χ0v) is 21.8. The topological polar surface area (TPSA) is 58.4 Å². The number of ether oxygens (including phenoxy) is 1. The summed E-state index contributed by atoms with van der Waals surface area (Å²) >= 11 is 7.17. The summed E-state index contributed by atoms with van der Waals surface area (Å²) in [5.41, 5.74) is 3.16. The Hall–Kier alpha value is -2.06. The van der Waals surface area contributed by atoms with Gasteiger partial charge in [-0.05, 0) is 75.0 Å². The molecule has 0 aliphatic heterocycles. The van der Waals surface area contributed by atoms with E-state index in [1.54, 1.807) is 0 Å². The second-order valence-electron chi connectivity index (χ2n) is 8.16. The van der Waals surface area contributed by atoms with Crippen molar-refractivity contribution in [2.45, 2.75) is 25.5 Å². The molecule has 7 heteroatoms. The van der Waals surface area contributed by atoms with Crippen LogP contribution in [0.1, 0.15) is 12.8 Å². The van der Waals surface area contributed by atoms with Crippen LogP contribution in [-0.4, -0.2) is 42.5 Å². The van der Waals surface area contributed by atoms with Crippen molar-refractivity contribution in [1.29, 1.82) is 0 Å². The smallest absolute Gasteiger partial charge is 0.121 e. The van der Waals surface area contributed by atoms with Gasteiger partial charge in [-0.1, -0.05) is 37.9 Å². The molecule has 0 spiro atoms. The van der Waals surface area contributed by atoms with E-state index in [4.69, 9.17) is 4.74 Å². The molecule has 0 saturated heterocycles. The van der Waals surface area contributed by atoms with Crippen LogP contribution < -0.4 is 15.4 Å². The summed E-state index contributed by atoms with van der Waals surface area (Å²) < 4.78 is 10.1. The van der Waals surface area contributed by atoms with E-state index >= 15 is 0 Å². The molecule has 0 radical (unpaired) electrons. The van der Waals surface area contributed by atoms with Crippen LogP contribution in [0.4, 0.5) is 5.69 Å². The van der Waals surface area contributed by atoms with Crippen molar-refractivity contribution >= 4 is 59.4 Å². The maximum atomic E-state index is 10.9. The van der Waals surface area contributed by atoms with E-state index in [0.717, 1.165) is 50.8 Å². The molecule has 0 aliphatic carbocycles. The van der Waals surface area contributed by atoms with Gasteiger partial charge in [0.25, 0.3) is 0 Å². The third-order valence-electron chi connectivity index (χ3n) is 5.65. The summed E-state index contributed by atoms with van der Waals surface area (Å²) in [6, 6.07) is 20.5. The summed E-state index contributed by atoms with van der Waals surface area (Å²) in [7, 11) is 1.96. The lowest BCUT2D eigenvalue weighted by molar-refractivity contribution is 0.169. The van der Waals surface area contributed by atoms with Crippen molar-refractivity contribution in [2.24, 2.45) is 0 Å². The summed E-state index contributed by atoms with van der Waals surface area (Å²) in [6.07, 6.45) is 1.56. The summed E-state index contributed by atoms with van der Waals surface area (Å²) in [5, 5.41) is 19.7. The number of fused-ring (bicyclic) bond motifs is 3. The number of benzene rings is 3. The van der Waals surface area contributed by atoms with Gasteiger partial charge < -0.3 is 25.0 Å². The van der Waals surface area contributed by atoms with Crippen molar-refractivity contribution in [3.8, 4) is 5.75 Å². The summed E-state index contributed by atoms with van der Waals surface area (Å²) in [6.45, 7) is 2.65. The van der Waals surface area contributed by atoms with E-state index in [1.807, 2.05) is 43.4 Å². The Labute approximate surface area is 211 Å². The number of aliphatic hydroxyl groups excluding tert-OH is 1. The Morgan fingerprint density at radius 3 is 2.30 bits per heavy atom. The largest absolute Gasteiger partial charge is 0.494 e. The van der Waals surface area contributed by atoms with E-state index in [0.29, 0.717) is 19.7 Å². The molecule has 4 aromatic rings. The molecule has 1 aromatic heterocycles. The monoisotopic (exact) mass is 573 g/mol. The van der Waals surface area contributed by atoms with Crippen molar-refractivity contribution in [1.82, 2.24) is 9.88 Å². The second-order valence-corrected chi connectivity index (χ2v) is 9.99. The molecule has 0 fully saturated rings. The van der Waals surface area contributed by atoms with Crippen molar-refractivity contribution in [2.75, 3.05) is 32.1 Å². The van der Waals surface area contributed by atoms with Crippen molar-refractivity contribution < 1.29 is 9.84 Å². The Balaban J connectivity index is 1.42. The van der Waals surface area contributed by atoms with Gasteiger partial charge in [0.05, 0.1) is 19.3 Å². The number of nitrogens with one attached hydrogen (secondary N) is 2. The van der Waals surface area contributed by atoms with E-state index in [1.165, 1.54) is 10.8 Å². The quantitative estimate of drug-likeness (QED) is 0.187. The summed E-state index contributed by atoms with van der Waals surface area (Å²) in [5.74, 6) is 0.845. The highest BCUT2D eigenvalue weighted by molar-refractivity contribution is 9.10. The lowest BCUT2D eigenvalue weighted by Crippen LogP contribution is -2.24. The highest BCUT2D eigenvalue weighted by atomic mass is 79.9. The SMILES string of the molecule is CNCCCCOc1cccc(NCC(O)Cn2c3ccc(Br)cc3c3cc(Br)ccc32)c1. The van der Waals surface area contributed by atoms with Gasteiger partial charge in [-0.25, -0.2) is 0 Å². The number of halogens is 2. The first-order chi connectivity index (χ1) is 16.0. The number of hydrogen-bond donors (Lipinski definition) is 3. The standard InChI is InChI=1S/C26H29Br2N3O2/c1-29-11-2-3-12-33-22-6-4-5-20(15-22)30-16-21(32)17-31-25-9-7-18(27)13-23(25)24-14-19(28)8-10-26(24)31/h4-10,13-15,21,29-30,32H,2-3,11-12,16-17H2,1H3. The highest BCUT2D eigenvalue weighted by Crippen LogP contribution is 2.33. The van der Waals surface area contributed by atoms with Crippen LogP contribution in [0.3, 0.4) is 0 Å². The van der Waals surface area contributed by atoms with Gasteiger partial charge in [-0.15, -0.1) is 0 Å². The van der Waals surface area contributed by atoms with E-state index in [9.17, 15) is 5.11 Å². The highest BCUT2D eigenvalue weighted by Gasteiger charge is 2.14. The molecular formula is C26H29Br2N3O2. The van der Waals surface area contributed by atoms with Gasteiger partial charge in [0.2, 0.25) is 0 Å². The number of hydrogen-bond acceptors (Lipinski definition) is 4. The molecule has 0 bridgehead atoms. The molecule has 33 heavy (non-hydrogen) atoms. The molecule has 0 aliphatic rings. The third-order valence-corrected chi connectivity index (χ3v) is 6.63. The number of aliphatic hydroxyl groups is 1. The fraction of sp³-hybridized carbons (Fsp3) is 0.308. The summed E-state index contributed by atoms with van der Waals surface area (Å²) in [4.78, 5) is 0. The zero-order chi connectivity index (χ0) is 23.2. The van der Waals surface area contributed by atoms with Crippen LogP contribution in [0.15, 0.2) is 69.6 Å². The van der Waals surface area contributed by atoms with Crippen molar-refractivity contribution in [3.05, 3.63) is 69.6 Å². The van der Waals surface area contributed by atoms with Gasteiger partial charge in [0.15, 0.2) is 0 Å². The fourth-order valence-corrected chi connectivity index (χ4v) is 4.77. The van der Waals surface area contributed by atoms with Crippen LogP contribution in [-0.2, 0) is 6.54 Å². The van der Waals surface area contributed by atoms with Gasteiger partial charge >= 0.3 is 0 Å². The first-order valence-corrected chi connectivity index (χ1v) is 12.8. The average Bonchev–Trinajstić information content (AvgIpc) is 3.10. The Bertz CT molecular complexity index is 1170. The van der Waals surface area contributed by atoms with Crippen LogP contribution >= 0.6 is 31.9 Å². The molecule has 3 N–H and O–H groups in total. The minimum Gasteiger partial charge on any atom is -0.494 e. The molecule has 3 aromatic carbocycles. The zero-order valence-electron chi connectivity index (χ0n) is 18.7.